The molecule has 0 radical (unpaired) electrons. The highest BCUT2D eigenvalue weighted by Crippen LogP contribution is 2.24. The number of nitrogens with one attached hydrogen (secondary N) is 1. The van der Waals surface area contributed by atoms with Gasteiger partial charge in [-0.15, -0.1) is 0 Å². The fourth-order valence-electron chi connectivity index (χ4n) is 1.88. The average molecular weight is 273 g/mol. The van der Waals surface area contributed by atoms with E-state index in [9.17, 15) is 0 Å². The Morgan fingerprint density at radius 2 is 2.05 bits per heavy atom. The monoisotopic (exact) mass is 273 g/mol. The van der Waals surface area contributed by atoms with Gasteiger partial charge in [0.05, 0.1) is 12.3 Å². The van der Waals surface area contributed by atoms with Crippen LogP contribution in [-0.4, -0.2) is 30.7 Å². The van der Waals surface area contributed by atoms with Crippen LogP contribution in [0.5, 0.6) is 5.75 Å². The van der Waals surface area contributed by atoms with E-state index in [-0.39, 0.29) is 0 Å². The third kappa shape index (κ3) is 3.45. The van der Waals surface area contributed by atoms with E-state index in [0.29, 0.717) is 19.0 Å². The summed E-state index contributed by atoms with van der Waals surface area (Å²) in [4.78, 5) is 8.86. The van der Waals surface area contributed by atoms with Crippen molar-refractivity contribution in [2.24, 2.45) is 0 Å². The number of methoxy groups -OCH3 is 1. The van der Waals surface area contributed by atoms with E-state index in [1.54, 1.807) is 7.11 Å². The zero-order valence-electron chi connectivity index (χ0n) is 12.0. The van der Waals surface area contributed by atoms with E-state index in [1.807, 2.05) is 44.3 Å². The lowest BCUT2D eigenvalue weighted by molar-refractivity contribution is 0.178. The minimum absolute atomic E-state index is 0.383. The molecular weight excluding hydrogens is 254 g/mol. The molecule has 0 aliphatic carbocycles. The van der Waals surface area contributed by atoms with Gasteiger partial charge in [0.1, 0.15) is 18.2 Å². The van der Waals surface area contributed by atoms with Crippen molar-refractivity contribution in [3.8, 4) is 17.0 Å². The topological polar surface area (TPSA) is 56.3 Å². The van der Waals surface area contributed by atoms with E-state index in [0.717, 1.165) is 22.8 Å². The second-order valence-electron chi connectivity index (χ2n) is 4.20. The van der Waals surface area contributed by atoms with Gasteiger partial charge < -0.3 is 14.8 Å². The maximum atomic E-state index is 5.52. The van der Waals surface area contributed by atoms with Crippen molar-refractivity contribution in [2.75, 3.05) is 26.1 Å². The fourth-order valence-corrected chi connectivity index (χ4v) is 1.88. The number of rotatable bonds is 6. The van der Waals surface area contributed by atoms with Crippen LogP contribution in [0.1, 0.15) is 12.7 Å². The number of benzene rings is 1. The molecule has 0 spiro atoms. The molecule has 1 N–H and O–H groups in total. The molecule has 2 rings (SSSR count). The van der Waals surface area contributed by atoms with Crippen LogP contribution in [0.2, 0.25) is 0 Å². The standard InChI is InChI=1S/C15H19N3O2/c1-4-20-12-7-5-6-11(8-12)13-9-14(16-2)18-15(17-13)10-19-3/h5-9H,4,10H2,1-3H3,(H,16,17,18). The molecule has 20 heavy (non-hydrogen) atoms. The summed E-state index contributed by atoms with van der Waals surface area (Å²) >= 11 is 0. The minimum Gasteiger partial charge on any atom is -0.494 e. The lowest BCUT2D eigenvalue weighted by Crippen LogP contribution is -2.03. The molecule has 0 atom stereocenters. The second-order valence-corrected chi connectivity index (χ2v) is 4.20. The minimum atomic E-state index is 0.383. The largest absolute Gasteiger partial charge is 0.494 e. The van der Waals surface area contributed by atoms with Gasteiger partial charge in [0.2, 0.25) is 0 Å². The van der Waals surface area contributed by atoms with Gasteiger partial charge in [-0.1, -0.05) is 12.1 Å². The van der Waals surface area contributed by atoms with Crippen LogP contribution in [0.15, 0.2) is 30.3 Å². The molecule has 0 saturated heterocycles. The summed E-state index contributed by atoms with van der Waals surface area (Å²) in [6, 6.07) is 9.77. The Hall–Kier alpha value is -2.14. The second kappa shape index (κ2) is 6.86. The Morgan fingerprint density at radius 3 is 2.75 bits per heavy atom. The first-order valence-electron chi connectivity index (χ1n) is 6.54. The molecule has 1 aromatic carbocycles. The molecule has 0 unspecified atom stereocenters. The van der Waals surface area contributed by atoms with E-state index in [2.05, 4.69) is 15.3 Å². The molecule has 1 aromatic heterocycles. The van der Waals surface area contributed by atoms with Crippen molar-refractivity contribution in [2.45, 2.75) is 13.5 Å². The lowest BCUT2D eigenvalue weighted by Gasteiger charge is -2.09. The molecule has 0 aliphatic rings. The lowest BCUT2D eigenvalue weighted by atomic mass is 10.1. The summed E-state index contributed by atoms with van der Waals surface area (Å²) in [5.41, 5.74) is 1.84. The Bertz CT molecular complexity index is 573. The van der Waals surface area contributed by atoms with Crippen LogP contribution in [0, 0.1) is 0 Å². The molecule has 0 saturated carbocycles. The normalized spacial score (nSPS) is 10.3. The summed E-state index contributed by atoms with van der Waals surface area (Å²) < 4.78 is 10.6. The molecule has 5 nitrogen and oxygen atoms in total. The van der Waals surface area contributed by atoms with Crippen LogP contribution in [0.25, 0.3) is 11.3 Å². The Morgan fingerprint density at radius 1 is 1.20 bits per heavy atom. The van der Waals surface area contributed by atoms with Gasteiger partial charge in [-0.2, -0.15) is 0 Å². The highest BCUT2D eigenvalue weighted by Gasteiger charge is 2.07. The highest BCUT2D eigenvalue weighted by molar-refractivity contribution is 5.64. The smallest absolute Gasteiger partial charge is 0.157 e. The predicted molar refractivity (Wildman–Crippen MR) is 78.9 cm³/mol. The summed E-state index contributed by atoms with van der Waals surface area (Å²) in [5.74, 6) is 2.25. The van der Waals surface area contributed by atoms with Gasteiger partial charge in [-0.3, -0.25) is 0 Å². The summed E-state index contributed by atoms with van der Waals surface area (Å²) in [6.07, 6.45) is 0. The van der Waals surface area contributed by atoms with E-state index < -0.39 is 0 Å². The van der Waals surface area contributed by atoms with Gasteiger partial charge in [0.15, 0.2) is 5.82 Å². The Kier molecular flexibility index (Phi) is 4.90. The fraction of sp³-hybridized carbons (Fsp3) is 0.333. The molecule has 106 valence electrons. The number of hydrogen-bond donors (Lipinski definition) is 1. The maximum absolute atomic E-state index is 5.52. The third-order valence-corrected chi connectivity index (χ3v) is 2.74. The maximum Gasteiger partial charge on any atom is 0.157 e. The Balaban J connectivity index is 2.39. The number of ether oxygens (including phenoxy) is 2. The summed E-state index contributed by atoms with van der Waals surface area (Å²) in [5, 5.41) is 3.04. The first-order chi connectivity index (χ1) is 9.76. The summed E-state index contributed by atoms with van der Waals surface area (Å²) in [6.45, 7) is 2.99. The SMILES string of the molecule is CCOc1cccc(-c2cc(NC)nc(COC)n2)c1. The van der Waals surface area contributed by atoms with Gasteiger partial charge in [-0.25, -0.2) is 9.97 Å². The van der Waals surface area contributed by atoms with Crippen molar-refractivity contribution in [3.63, 3.8) is 0 Å². The molecule has 0 amide bonds. The van der Waals surface area contributed by atoms with E-state index in [4.69, 9.17) is 9.47 Å². The molecule has 2 aromatic rings. The van der Waals surface area contributed by atoms with Crippen molar-refractivity contribution >= 4 is 5.82 Å². The van der Waals surface area contributed by atoms with Crippen LogP contribution in [0.4, 0.5) is 5.82 Å². The highest BCUT2D eigenvalue weighted by atomic mass is 16.5. The first kappa shape index (κ1) is 14.3. The van der Waals surface area contributed by atoms with Gasteiger partial charge >= 0.3 is 0 Å². The summed E-state index contributed by atoms with van der Waals surface area (Å²) in [7, 11) is 3.46. The molecule has 0 fully saturated rings. The van der Waals surface area contributed by atoms with Crippen molar-refractivity contribution in [3.05, 3.63) is 36.2 Å². The molecule has 0 aliphatic heterocycles. The number of nitrogens with zero attached hydrogens (tertiary/aromatic N) is 2. The number of hydrogen-bond acceptors (Lipinski definition) is 5. The molecule has 1 heterocycles. The van der Waals surface area contributed by atoms with Crippen LogP contribution in [-0.2, 0) is 11.3 Å². The van der Waals surface area contributed by atoms with Gasteiger partial charge in [0.25, 0.3) is 0 Å². The van der Waals surface area contributed by atoms with Crippen molar-refractivity contribution < 1.29 is 9.47 Å². The Labute approximate surface area is 119 Å². The van der Waals surface area contributed by atoms with Gasteiger partial charge in [-0.05, 0) is 19.1 Å². The van der Waals surface area contributed by atoms with Crippen LogP contribution < -0.4 is 10.1 Å². The van der Waals surface area contributed by atoms with E-state index in [1.165, 1.54) is 0 Å². The van der Waals surface area contributed by atoms with Crippen LogP contribution >= 0.6 is 0 Å². The van der Waals surface area contributed by atoms with Gasteiger partial charge in [0, 0.05) is 25.8 Å². The first-order valence-corrected chi connectivity index (χ1v) is 6.54. The van der Waals surface area contributed by atoms with Crippen molar-refractivity contribution in [1.82, 2.24) is 9.97 Å². The average Bonchev–Trinajstić information content (AvgIpc) is 2.48. The van der Waals surface area contributed by atoms with Crippen LogP contribution in [0.3, 0.4) is 0 Å². The molecule has 0 bridgehead atoms. The number of aromatic nitrogens is 2. The zero-order chi connectivity index (χ0) is 14.4. The molecule has 5 heteroatoms. The quantitative estimate of drug-likeness (QED) is 0.877. The molecular formula is C15H19N3O2. The zero-order valence-corrected chi connectivity index (χ0v) is 12.0. The number of anilines is 1. The predicted octanol–water partition coefficient (Wildman–Crippen LogP) is 2.73. The van der Waals surface area contributed by atoms with Crippen molar-refractivity contribution in [1.29, 1.82) is 0 Å². The third-order valence-electron chi connectivity index (χ3n) is 2.74. The van der Waals surface area contributed by atoms with E-state index >= 15 is 0 Å².